The van der Waals surface area contributed by atoms with Gasteiger partial charge in [0.15, 0.2) is 5.82 Å². The zero-order valence-electron chi connectivity index (χ0n) is 11.5. The van der Waals surface area contributed by atoms with Crippen LogP contribution in [0.25, 0.3) is 11.5 Å². The molecular formula is C13H18N4O3. The summed E-state index contributed by atoms with van der Waals surface area (Å²) in [4.78, 5) is 18.0. The lowest BCUT2D eigenvalue weighted by atomic mass is 10.1. The molecule has 2 aromatic heterocycles. The topological polar surface area (TPSA) is 107 Å². The van der Waals surface area contributed by atoms with E-state index in [1.54, 1.807) is 13.0 Å². The largest absolute Gasteiger partial charge is 0.379 e. The van der Waals surface area contributed by atoms with Crippen LogP contribution in [0.3, 0.4) is 0 Å². The van der Waals surface area contributed by atoms with Gasteiger partial charge in [0.2, 0.25) is 5.56 Å². The van der Waals surface area contributed by atoms with Crippen molar-refractivity contribution >= 4 is 0 Å². The first-order valence-corrected chi connectivity index (χ1v) is 6.43. The van der Waals surface area contributed by atoms with Gasteiger partial charge in [-0.1, -0.05) is 12.1 Å². The number of nitrogens with zero attached hydrogens (tertiary/aromatic N) is 2. The van der Waals surface area contributed by atoms with Crippen molar-refractivity contribution in [3.8, 4) is 11.5 Å². The van der Waals surface area contributed by atoms with Gasteiger partial charge in [0, 0.05) is 24.4 Å². The van der Waals surface area contributed by atoms with E-state index >= 15 is 0 Å². The molecule has 1 atom stereocenters. The van der Waals surface area contributed by atoms with Gasteiger partial charge >= 0.3 is 0 Å². The smallest absolute Gasteiger partial charge is 0.258 e. The van der Waals surface area contributed by atoms with Crippen molar-refractivity contribution in [2.75, 3.05) is 13.2 Å². The van der Waals surface area contributed by atoms with E-state index in [0.29, 0.717) is 24.6 Å². The molecule has 3 N–H and O–H groups in total. The minimum atomic E-state index is -0.835. The van der Waals surface area contributed by atoms with Crippen molar-refractivity contribution in [2.24, 2.45) is 5.73 Å². The Labute approximate surface area is 116 Å². The van der Waals surface area contributed by atoms with E-state index in [1.165, 1.54) is 12.3 Å². The van der Waals surface area contributed by atoms with E-state index in [4.69, 9.17) is 15.0 Å². The molecule has 108 valence electrons. The van der Waals surface area contributed by atoms with Gasteiger partial charge in [0.25, 0.3) is 5.89 Å². The average Bonchev–Trinajstić information content (AvgIpc) is 2.89. The van der Waals surface area contributed by atoms with Gasteiger partial charge in [-0.25, -0.2) is 0 Å². The zero-order chi connectivity index (χ0) is 14.6. The van der Waals surface area contributed by atoms with Crippen LogP contribution in [0, 0.1) is 0 Å². The van der Waals surface area contributed by atoms with E-state index < -0.39 is 5.54 Å². The summed E-state index contributed by atoms with van der Waals surface area (Å²) in [5, 5.41) is 3.87. The highest BCUT2D eigenvalue weighted by Crippen LogP contribution is 2.20. The summed E-state index contributed by atoms with van der Waals surface area (Å²) < 4.78 is 10.6. The van der Waals surface area contributed by atoms with Crippen LogP contribution in [0.15, 0.2) is 27.6 Å². The quantitative estimate of drug-likeness (QED) is 0.764. The standard InChI is InChI=1S/C13H18N4O3/c1-3-6-19-8-13(2,14)12-16-11(20-17-12)9-4-5-15-10(18)7-9/h4-5,7H,3,6,8,14H2,1-2H3,(H,15,18). The number of nitrogens with one attached hydrogen (secondary N) is 1. The highest BCUT2D eigenvalue weighted by molar-refractivity contribution is 5.51. The second kappa shape index (κ2) is 5.98. The zero-order valence-corrected chi connectivity index (χ0v) is 11.5. The van der Waals surface area contributed by atoms with E-state index in [2.05, 4.69) is 15.1 Å². The summed E-state index contributed by atoms with van der Waals surface area (Å²) in [5.41, 5.74) is 5.61. The van der Waals surface area contributed by atoms with E-state index in [0.717, 1.165) is 6.42 Å². The number of aromatic amines is 1. The number of rotatable bonds is 6. The van der Waals surface area contributed by atoms with Crippen molar-refractivity contribution in [2.45, 2.75) is 25.8 Å². The van der Waals surface area contributed by atoms with Crippen LogP contribution in [0.4, 0.5) is 0 Å². The lowest BCUT2D eigenvalue weighted by Gasteiger charge is -2.19. The molecule has 7 heteroatoms. The summed E-state index contributed by atoms with van der Waals surface area (Å²) in [6.07, 6.45) is 2.44. The van der Waals surface area contributed by atoms with Gasteiger partial charge in [-0.15, -0.1) is 0 Å². The summed E-state index contributed by atoms with van der Waals surface area (Å²) >= 11 is 0. The van der Waals surface area contributed by atoms with Gasteiger partial charge < -0.3 is 20.0 Å². The number of H-pyrrole nitrogens is 1. The number of pyridine rings is 1. The average molecular weight is 278 g/mol. The first-order valence-electron chi connectivity index (χ1n) is 6.43. The Balaban J connectivity index is 2.18. The Morgan fingerprint density at radius 2 is 2.35 bits per heavy atom. The van der Waals surface area contributed by atoms with Crippen LogP contribution in [0.2, 0.25) is 0 Å². The number of ether oxygens (including phenoxy) is 1. The SMILES string of the molecule is CCCOCC(C)(N)c1noc(-c2cc[nH]c(=O)c2)n1. The molecular weight excluding hydrogens is 260 g/mol. The van der Waals surface area contributed by atoms with Gasteiger partial charge in [-0.05, 0) is 19.4 Å². The van der Waals surface area contributed by atoms with Crippen molar-refractivity contribution in [1.29, 1.82) is 0 Å². The second-order valence-corrected chi connectivity index (χ2v) is 4.83. The van der Waals surface area contributed by atoms with Crippen LogP contribution >= 0.6 is 0 Å². The number of aromatic nitrogens is 3. The molecule has 0 amide bonds. The van der Waals surface area contributed by atoms with Gasteiger partial charge in [-0.3, -0.25) is 4.79 Å². The molecule has 0 aliphatic heterocycles. The third-order valence-corrected chi connectivity index (χ3v) is 2.71. The monoisotopic (exact) mass is 278 g/mol. The van der Waals surface area contributed by atoms with Crippen LogP contribution < -0.4 is 11.3 Å². The fourth-order valence-electron chi connectivity index (χ4n) is 1.64. The number of hydrogen-bond acceptors (Lipinski definition) is 6. The molecule has 2 heterocycles. The molecule has 0 bridgehead atoms. The molecule has 0 spiro atoms. The van der Waals surface area contributed by atoms with Gasteiger partial charge in [0.1, 0.15) is 5.54 Å². The Morgan fingerprint density at radius 1 is 1.55 bits per heavy atom. The van der Waals surface area contributed by atoms with E-state index in [1.807, 2.05) is 6.92 Å². The van der Waals surface area contributed by atoms with E-state index in [-0.39, 0.29) is 11.4 Å². The molecule has 0 saturated heterocycles. The molecule has 2 rings (SSSR count). The number of hydrogen-bond donors (Lipinski definition) is 2. The minimum Gasteiger partial charge on any atom is -0.379 e. The molecule has 0 fully saturated rings. The molecule has 0 aromatic carbocycles. The number of nitrogens with two attached hydrogens (primary N) is 1. The van der Waals surface area contributed by atoms with Gasteiger partial charge in [-0.2, -0.15) is 4.98 Å². The Kier molecular flexibility index (Phi) is 4.31. The highest BCUT2D eigenvalue weighted by Gasteiger charge is 2.28. The molecule has 0 radical (unpaired) electrons. The van der Waals surface area contributed by atoms with Crippen molar-refractivity contribution in [1.82, 2.24) is 15.1 Å². The molecule has 0 saturated carbocycles. The third-order valence-electron chi connectivity index (χ3n) is 2.71. The van der Waals surface area contributed by atoms with Crippen molar-refractivity contribution < 1.29 is 9.26 Å². The minimum absolute atomic E-state index is 0.232. The Morgan fingerprint density at radius 3 is 3.05 bits per heavy atom. The summed E-state index contributed by atoms with van der Waals surface area (Å²) in [7, 11) is 0. The highest BCUT2D eigenvalue weighted by atomic mass is 16.5. The predicted octanol–water partition coefficient (Wildman–Crippen LogP) is 1.03. The summed E-state index contributed by atoms with van der Waals surface area (Å²) in [5.74, 6) is 0.613. The lowest BCUT2D eigenvalue weighted by molar-refractivity contribution is 0.0867. The van der Waals surface area contributed by atoms with Crippen LogP contribution in [0.1, 0.15) is 26.1 Å². The summed E-state index contributed by atoms with van der Waals surface area (Å²) in [6.45, 7) is 4.73. The predicted molar refractivity (Wildman–Crippen MR) is 73.0 cm³/mol. The van der Waals surface area contributed by atoms with Crippen molar-refractivity contribution in [3.05, 3.63) is 34.5 Å². The van der Waals surface area contributed by atoms with Crippen LogP contribution in [-0.2, 0) is 10.3 Å². The first kappa shape index (κ1) is 14.4. The van der Waals surface area contributed by atoms with Crippen LogP contribution in [0.5, 0.6) is 0 Å². The second-order valence-electron chi connectivity index (χ2n) is 4.83. The lowest BCUT2D eigenvalue weighted by Crippen LogP contribution is -2.39. The maximum atomic E-state index is 11.3. The molecule has 20 heavy (non-hydrogen) atoms. The molecule has 1 unspecified atom stereocenters. The summed E-state index contributed by atoms with van der Waals surface area (Å²) in [6, 6.07) is 3.07. The Hall–Kier alpha value is -1.99. The molecule has 0 aliphatic rings. The normalized spacial score (nSPS) is 14.2. The fourth-order valence-corrected chi connectivity index (χ4v) is 1.64. The maximum absolute atomic E-state index is 11.3. The fraction of sp³-hybridized carbons (Fsp3) is 0.462. The third kappa shape index (κ3) is 3.31. The molecule has 2 aromatic rings. The van der Waals surface area contributed by atoms with Crippen LogP contribution in [-0.4, -0.2) is 28.3 Å². The Bertz CT molecular complexity index is 618. The molecule has 7 nitrogen and oxygen atoms in total. The van der Waals surface area contributed by atoms with Crippen molar-refractivity contribution in [3.63, 3.8) is 0 Å². The van der Waals surface area contributed by atoms with Gasteiger partial charge in [0.05, 0.1) is 6.61 Å². The van der Waals surface area contributed by atoms with E-state index in [9.17, 15) is 4.79 Å². The first-order chi connectivity index (χ1) is 9.53. The maximum Gasteiger partial charge on any atom is 0.258 e. The molecule has 0 aliphatic carbocycles.